The van der Waals surface area contributed by atoms with E-state index in [4.69, 9.17) is 9.40 Å². The van der Waals surface area contributed by atoms with Crippen LogP contribution in [0.3, 0.4) is 0 Å². The summed E-state index contributed by atoms with van der Waals surface area (Å²) in [5.74, 6) is 0. The summed E-state index contributed by atoms with van der Waals surface area (Å²) in [4.78, 5) is 5.00. The first-order chi connectivity index (χ1) is 19.8. The molecule has 0 bridgehead atoms. The molecule has 0 saturated heterocycles. The Hall–Kier alpha value is -5.41. The van der Waals surface area contributed by atoms with Gasteiger partial charge in [-0.1, -0.05) is 103 Å². The second-order valence-electron chi connectivity index (χ2n) is 10.1. The van der Waals surface area contributed by atoms with Gasteiger partial charge in [-0.25, -0.2) is 4.98 Å². The van der Waals surface area contributed by atoms with Gasteiger partial charge in [0.25, 0.3) is 0 Å². The predicted octanol–water partition coefficient (Wildman–Crippen LogP) is 9.90. The fraction of sp³-hybridized carbons (Fsp3) is 0. The molecule has 0 amide bonds. The Morgan fingerprint density at radius 2 is 1.10 bits per heavy atom. The topological polar surface area (TPSA) is 30.4 Å². The first kappa shape index (κ1) is 22.6. The van der Waals surface area contributed by atoms with Gasteiger partial charge in [-0.2, -0.15) is 0 Å². The van der Waals surface area contributed by atoms with Crippen LogP contribution >= 0.6 is 0 Å². The fourth-order valence-corrected chi connectivity index (χ4v) is 5.68. The van der Waals surface area contributed by atoms with E-state index < -0.39 is 0 Å². The molecule has 0 fully saturated rings. The van der Waals surface area contributed by atoms with Crippen molar-refractivity contribution < 1.29 is 4.42 Å². The van der Waals surface area contributed by atoms with Gasteiger partial charge in [-0.15, -0.1) is 0 Å². The lowest BCUT2D eigenvalue weighted by Crippen LogP contribution is -1.90. The van der Waals surface area contributed by atoms with Gasteiger partial charge in [-0.05, 0) is 58.7 Å². The summed E-state index contributed by atoms with van der Waals surface area (Å²) in [5.41, 5.74) is 11.7. The summed E-state index contributed by atoms with van der Waals surface area (Å²) < 4.78 is 8.30. The van der Waals surface area contributed by atoms with Crippen molar-refractivity contribution in [3.63, 3.8) is 0 Å². The van der Waals surface area contributed by atoms with Gasteiger partial charge in [0.15, 0.2) is 0 Å². The van der Waals surface area contributed by atoms with E-state index in [0.29, 0.717) is 0 Å². The summed E-state index contributed by atoms with van der Waals surface area (Å²) in [6.45, 7) is 0. The Kier molecular flexibility index (Phi) is 5.14. The Morgan fingerprint density at radius 1 is 0.450 bits per heavy atom. The van der Waals surface area contributed by atoms with Gasteiger partial charge in [0.05, 0.1) is 11.4 Å². The average molecular weight is 513 g/mol. The Morgan fingerprint density at radius 3 is 1.95 bits per heavy atom. The quantitative estimate of drug-likeness (QED) is 0.235. The van der Waals surface area contributed by atoms with Crippen LogP contribution in [0, 0.1) is 0 Å². The second kappa shape index (κ2) is 9.11. The van der Waals surface area contributed by atoms with Gasteiger partial charge >= 0.3 is 0 Å². The Balaban J connectivity index is 1.18. The molecule has 0 atom stereocenters. The maximum atomic E-state index is 6.12. The number of rotatable bonds is 4. The number of pyridine rings is 1. The van der Waals surface area contributed by atoms with Crippen LogP contribution in [0.15, 0.2) is 150 Å². The molecule has 3 aromatic heterocycles. The summed E-state index contributed by atoms with van der Waals surface area (Å²) in [7, 11) is 0. The molecular weight excluding hydrogens is 488 g/mol. The highest BCUT2D eigenvalue weighted by Crippen LogP contribution is 2.36. The van der Waals surface area contributed by atoms with Crippen molar-refractivity contribution in [2.45, 2.75) is 0 Å². The molecule has 0 spiro atoms. The molecule has 188 valence electrons. The van der Waals surface area contributed by atoms with Crippen LogP contribution in [-0.4, -0.2) is 9.38 Å². The molecule has 0 unspecified atom stereocenters. The van der Waals surface area contributed by atoms with Crippen LogP contribution in [0.4, 0.5) is 0 Å². The Labute approximate surface area is 231 Å². The molecule has 3 heterocycles. The van der Waals surface area contributed by atoms with E-state index in [9.17, 15) is 0 Å². The molecule has 0 radical (unpaired) electrons. The van der Waals surface area contributed by atoms with Gasteiger partial charge in [-0.3, -0.25) is 4.40 Å². The highest BCUT2D eigenvalue weighted by Gasteiger charge is 2.16. The number of aromatic nitrogens is 2. The average Bonchev–Trinajstić information content (AvgIpc) is 3.60. The molecule has 0 aliphatic carbocycles. The van der Waals surface area contributed by atoms with Crippen molar-refractivity contribution >= 4 is 27.6 Å². The normalized spacial score (nSPS) is 11.5. The lowest BCUT2D eigenvalue weighted by molar-refractivity contribution is 0.669. The van der Waals surface area contributed by atoms with Crippen molar-refractivity contribution in [3.05, 3.63) is 146 Å². The maximum Gasteiger partial charge on any atom is 0.137 e. The highest BCUT2D eigenvalue weighted by molar-refractivity contribution is 6.05. The minimum atomic E-state index is 0.915. The van der Waals surface area contributed by atoms with Crippen molar-refractivity contribution in [2.24, 2.45) is 0 Å². The molecule has 3 nitrogen and oxygen atoms in total. The number of hydrogen-bond acceptors (Lipinski definition) is 2. The second-order valence-corrected chi connectivity index (χ2v) is 10.1. The summed E-state index contributed by atoms with van der Waals surface area (Å²) in [5, 5.41) is 2.30. The van der Waals surface area contributed by atoms with Crippen LogP contribution < -0.4 is 0 Å². The van der Waals surface area contributed by atoms with Crippen LogP contribution in [0.1, 0.15) is 0 Å². The lowest BCUT2D eigenvalue weighted by Gasteiger charge is -2.09. The molecule has 0 aliphatic heterocycles. The molecule has 8 rings (SSSR count). The van der Waals surface area contributed by atoms with Crippen molar-refractivity contribution in [2.75, 3.05) is 0 Å². The van der Waals surface area contributed by atoms with E-state index in [1.807, 2.05) is 24.3 Å². The molecule has 0 saturated carbocycles. The highest BCUT2D eigenvalue weighted by atomic mass is 16.3. The molecule has 0 aliphatic rings. The third-order valence-electron chi connectivity index (χ3n) is 7.64. The summed E-state index contributed by atoms with van der Waals surface area (Å²) in [6.07, 6.45) is 2.09. The zero-order valence-electron chi connectivity index (χ0n) is 21.7. The SMILES string of the molecule is c1ccc(-c2nc3ccccn3c2-c2cccc(-c3ccc(-c4ccc5c(c4)oc4ccccc45)cc3)c2)cc1. The molecule has 3 heteroatoms. The summed E-state index contributed by atoms with van der Waals surface area (Å²) in [6, 6.07) is 48.7. The number of fused-ring (bicyclic) bond motifs is 4. The van der Waals surface area contributed by atoms with E-state index in [1.165, 1.54) is 11.1 Å². The monoisotopic (exact) mass is 512 g/mol. The minimum absolute atomic E-state index is 0.915. The zero-order valence-corrected chi connectivity index (χ0v) is 21.7. The summed E-state index contributed by atoms with van der Waals surface area (Å²) >= 11 is 0. The zero-order chi connectivity index (χ0) is 26.5. The van der Waals surface area contributed by atoms with Gasteiger partial charge in [0, 0.05) is 28.1 Å². The maximum absolute atomic E-state index is 6.12. The molecule has 40 heavy (non-hydrogen) atoms. The van der Waals surface area contributed by atoms with Gasteiger partial charge in [0.1, 0.15) is 16.8 Å². The van der Waals surface area contributed by atoms with Crippen LogP contribution in [0.25, 0.3) is 72.4 Å². The van der Waals surface area contributed by atoms with Crippen LogP contribution in [0.5, 0.6) is 0 Å². The van der Waals surface area contributed by atoms with Crippen LogP contribution in [0.2, 0.25) is 0 Å². The van der Waals surface area contributed by atoms with Gasteiger partial charge < -0.3 is 4.42 Å². The van der Waals surface area contributed by atoms with Crippen molar-refractivity contribution in [1.82, 2.24) is 9.38 Å². The standard InChI is InChI=1S/C37H24N2O/c1-2-9-27(10-3-1)36-37(39-22-7-6-15-35(39)38-36)30-12-8-11-28(23-30)25-16-18-26(19-17-25)29-20-21-32-31-13-4-5-14-33(31)40-34(32)24-29/h1-24H. The van der Waals surface area contributed by atoms with E-state index in [2.05, 4.69) is 126 Å². The van der Waals surface area contributed by atoms with E-state index in [1.54, 1.807) is 0 Å². The fourth-order valence-electron chi connectivity index (χ4n) is 5.68. The number of imidazole rings is 1. The lowest BCUT2D eigenvalue weighted by atomic mass is 9.97. The van der Waals surface area contributed by atoms with Crippen LogP contribution in [-0.2, 0) is 0 Å². The minimum Gasteiger partial charge on any atom is -0.456 e. The molecular formula is C37H24N2O. The number of para-hydroxylation sites is 1. The predicted molar refractivity (Wildman–Crippen MR) is 164 cm³/mol. The van der Waals surface area contributed by atoms with E-state index in [0.717, 1.165) is 61.2 Å². The van der Waals surface area contributed by atoms with E-state index >= 15 is 0 Å². The van der Waals surface area contributed by atoms with E-state index in [-0.39, 0.29) is 0 Å². The smallest absolute Gasteiger partial charge is 0.137 e. The van der Waals surface area contributed by atoms with Crippen molar-refractivity contribution in [1.29, 1.82) is 0 Å². The molecule has 0 N–H and O–H groups in total. The Bertz CT molecular complexity index is 2150. The van der Waals surface area contributed by atoms with Gasteiger partial charge in [0.2, 0.25) is 0 Å². The number of benzene rings is 5. The largest absolute Gasteiger partial charge is 0.456 e. The third kappa shape index (κ3) is 3.71. The number of nitrogens with zero attached hydrogens (tertiary/aromatic N) is 2. The number of furan rings is 1. The number of hydrogen-bond donors (Lipinski definition) is 0. The first-order valence-electron chi connectivity index (χ1n) is 13.5. The molecule has 5 aromatic carbocycles. The third-order valence-corrected chi connectivity index (χ3v) is 7.64. The first-order valence-corrected chi connectivity index (χ1v) is 13.5. The van der Waals surface area contributed by atoms with Crippen molar-refractivity contribution in [3.8, 4) is 44.8 Å². The molecule has 8 aromatic rings.